The topological polar surface area (TPSA) is 237 Å². The summed E-state index contributed by atoms with van der Waals surface area (Å²) in [4.78, 5) is 73.2. The van der Waals surface area contributed by atoms with Gasteiger partial charge in [-0.1, -0.05) is 402 Å². The number of aliphatic hydroxyl groups excluding tert-OH is 1. The van der Waals surface area contributed by atoms with Crippen LogP contribution in [0.25, 0.3) is 0 Å². The second-order valence-corrected chi connectivity index (χ2v) is 36.1. The second-order valence-electron chi connectivity index (χ2n) is 33.2. The molecule has 0 saturated carbocycles. The highest BCUT2D eigenvalue weighted by atomic mass is 31.2. The van der Waals surface area contributed by atoms with Crippen molar-refractivity contribution in [3.05, 3.63) is 0 Å². The number of carbonyl (C=O) groups is 4. The Labute approximate surface area is 651 Å². The molecule has 3 N–H and O–H groups in total. The number of unbranched alkanes of at least 4 members (excludes halogenated alkanes) is 50. The first-order valence-corrected chi connectivity index (χ1v) is 47.7. The van der Waals surface area contributed by atoms with Gasteiger partial charge < -0.3 is 33.8 Å². The summed E-state index contributed by atoms with van der Waals surface area (Å²) in [6, 6.07) is 0. The van der Waals surface area contributed by atoms with Crippen LogP contribution >= 0.6 is 15.6 Å². The SMILES string of the molecule is CC(C)CCCCCCCCCCCCCCCCCCCCC(=O)OC[C@H](COP(=O)(O)OCC(O)COP(=O)(O)OC[C@@H](COC(=O)CCCCCCCCCC(C)C)OC(=O)CCCCCCCCCCCCCCCCCC(C)C)OC(=O)CCCCCCCCCCCCCCCCC(C)C. The van der Waals surface area contributed by atoms with Gasteiger partial charge in [0.05, 0.1) is 26.4 Å². The van der Waals surface area contributed by atoms with Crippen LogP contribution in [0.4, 0.5) is 0 Å². The van der Waals surface area contributed by atoms with E-state index >= 15 is 0 Å². The van der Waals surface area contributed by atoms with E-state index in [1.165, 1.54) is 250 Å². The molecule has 0 aliphatic carbocycles. The number of hydrogen-bond donors (Lipinski definition) is 3. The smallest absolute Gasteiger partial charge is 0.462 e. The predicted molar refractivity (Wildman–Crippen MR) is 437 cm³/mol. The maximum absolute atomic E-state index is 13.1. The van der Waals surface area contributed by atoms with E-state index in [0.29, 0.717) is 31.6 Å². The quantitative estimate of drug-likeness (QED) is 0.0222. The number of phosphoric ester groups is 2. The van der Waals surface area contributed by atoms with E-state index in [4.69, 9.17) is 37.0 Å². The molecule has 106 heavy (non-hydrogen) atoms. The fourth-order valence-electron chi connectivity index (χ4n) is 13.5. The van der Waals surface area contributed by atoms with Crippen LogP contribution in [0.2, 0.25) is 0 Å². The maximum Gasteiger partial charge on any atom is 0.472 e. The highest BCUT2D eigenvalue weighted by Gasteiger charge is 2.31. The van der Waals surface area contributed by atoms with Crippen molar-refractivity contribution < 1.29 is 80.2 Å². The lowest BCUT2D eigenvalue weighted by Crippen LogP contribution is -2.30. The Hall–Kier alpha value is -1.94. The Morgan fingerprint density at radius 2 is 0.396 bits per heavy atom. The van der Waals surface area contributed by atoms with E-state index in [9.17, 15) is 43.2 Å². The molecule has 0 amide bonds. The number of esters is 4. The molecule has 0 aromatic carbocycles. The third-order valence-corrected chi connectivity index (χ3v) is 22.2. The minimum absolute atomic E-state index is 0.107. The molecule has 0 aliphatic heterocycles. The van der Waals surface area contributed by atoms with Crippen molar-refractivity contribution in [2.75, 3.05) is 39.6 Å². The van der Waals surface area contributed by atoms with E-state index in [0.717, 1.165) is 114 Å². The molecule has 0 spiro atoms. The van der Waals surface area contributed by atoms with E-state index in [2.05, 4.69) is 55.4 Å². The molecule has 0 fully saturated rings. The van der Waals surface area contributed by atoms with E-state index in [1.54, 1.807) is 0 Å². The molecular weight excluding hydrogens is 1380 g/mol. The highest BCUT2D eigenvalue weighted by Crippen LogP contribution is 2.45. The van der Waals surface area contributed by atoms with Crippen LogP contribution in [0.5, 0.6) is 0 Å². The van der Waals surface area contributed by atoms with E-state index in [1.807, 2.05) is 0 Å². The van der Waals surface area contributed by atoms with Gasteiger partial charge >= 0.3 is 39.5 Å². The highest BCUT2D eigenvalue weighted by molar-refractivity contribution is 7.47. The van der Waals surface area contributed by atoms with Gasteiger partial charge in [0, 0.05) is 25.7 Å². The molecule has 0 aromatic heterocycles. The van der Waals surface area contributed by atoms with Crippen molar-refractivity contribution in [2.45, 2.75) is 472 Å². The van der Waals surface area contributed by atoms with Gasteiger partial charge in [-0.2, -0.15) is 0 Å². The Kier molecular flexibility index (Phi) is 74.3. The average molecular weight is 1550 g/mol. The molecule has 0 radical (unpaired) electrons. The number of phosphoric acid groups is 2. The minimum Gasteiger partial charge on any atom is -0.462 e. The second kappa shape index (κ2) is 75.7. The van der Waals surface area contributed by atoms with Crippen LogP contribution in [0.15, 0.2) is 0 Å². The molecule has 17 nitrogen and oxygen atoms in total. The molecule has 0 saturated heterocycles. The number of ether oxygens (including phenoxy) is 4. The van der Waals surface area contributed by atoms with Gasteiger partial charge in [-0.25, -0.2) is 9.13 Å². The summed E-state index contributed by atoms with van der Waals surface area (Å²) in [7, 11) is -9.93. The third kappa shape index (κ3) is 80.1. The van der Waals surface area contributed by atoms with E-state index < -0.39 is 97.5 Å². The van der Waals surface area contributed by atoms with Gasteiger partial charge in [-0.05, 0) is 49.4 Å². The molecule has 0 rings (SSSR count). The molecule has 630 valence electrons. The van der Waals surface area contributed by atoms with Gasteiger partial charge in [0.15, 0.2) is 12.2 Å². The number of carbonyl (C=O) groups excluding carboxylic acids is 4. The number of hydrogen-bond acceptors (Lipinski definition) is 15. The van der Waals surface area contributed by atoms with Crippen molar-refractivity contribution in [1.82, 2.24) is 0 Å². The zero-order valence-electron chi connectivity index (χ0n) is 70.1. The van der Waals surface area contributed by atoms with Crippen molar-refractivity contribution in [3.63, 3.8) is 0 Å². The molecule has 5 atom stereocenters. The summed E-state index contributed by atoms with van der Waals surface area (Å²) in [6.07, 6.45) is 65.4. The minimum atomic E-state index is -4.97. The predicted octanol–water partition coefficient (Wildman–Crippen LogP) is 26.3. The Balaban J connectivity index is 5.22. The van der Waals surface area contributed by atoms with Crippen LogP contribution in [-0.4, -0.2) is 96.7 Å². The van der Waals surface area contributed by atoms with Gasteiger partial charge in [0.1, 0.15) is 19.3 Å². The molecule has 0 bridgehead atoms. The molecule has 19 heteroatoms. The lowest BCUT2D eigenvalue weighted by Gasteiger charge is -2.21. The fourth-order valence-corrected chi connectivity index (χ4v) is 15.1. The summed E-state index contributed by atoms with van der Waals surface area (Å²) in [6.45, 7) is 14.3. The lowest BCUT2D eigenvalue weighted by atomic mass is 10.0. The Morgan fingerprint density at radius 1 is 0.236 bits per heavy atom. The monoisotopic (exact) mass is 1550 g/mol. The molecule has 0 heterocycles. The summed E-state index contributed by atoms with van der Waals surface area (Å²) in [5.74, 6) is 1.02. The van der Waals surface area contributed by atoms with Crippen molar-refractivity contribution in [1.29, 1.82) is 0 Å². The van der Waals surface area contributed by atoms with Crippen molar-refractivity contribution in [3.8, 4) is 0 Å². The standard InChI is InChI=1S/C87H170O17P2/c1-77(2)63-55-47-39-32-26-20-14-11-9-10-12-16-23-29-35-43-51-59-67-84(89)97-73-82(103-86(91)70-62-54-45-37-31-25-19-18-22-28-34-41-49-57-65-79(5)6)75-101-105(93,94)99-71-81(88)72-100-106(95,96)102-76-83(74-98-85(90)68-60-52-46-38-42-50-58-66-80(7)8)104-87(92)69-61-53-44-36-30-24-17-13-15-21-27-33-40-48-56-64-78(3)4/h77-83,88H,9-76H2,1-8H3,(H,93,94)(H,95,96)/t81?,82-,83-/m1/s1. The van der Waals surface area contributed by atoms with Crippen LogP contribution in [0.1, 0.15) is 453 Å². The number of rotatable bonds is 84. The van der Waals surface area contributed by atoms with Crippen molar-refractivity contribution in [2.24, 2.45) is 23.7 Å². The van der Waals surface area contributed by atoms with Gasteiger partial charge in [0.2, 0.25) is 0 Å². The van der Waals surface area contributed by atoms with Gasteiger partial charge in [-0.3, -0.25) is 37.3 Å². The molecular formula is C87H170O17P2. The normalized spacial score (nSPS) is 13.9. The first-order valence-electron chi connectivity index (χ1n) is 44.7. The summed E-state index contributed by atoms with van der Waals surface area (Å²) in [5.41, 5.74) is 0. The summed E-state index contributed by atoms with van der Waals surface area (Å²) >= 11 is 0. The fraction of sp³-hybridized carbons (Fsp3) is 0.954. The van der Waals surface area contributed by atoms with Crippen LogP contribution in [-0.2, 0) is 65.4 Å². The first-order chi connectivity index (χ1) is 51.1. The van der Waals surface area contributed by atoms with Gasteiger partial charge in [-0.15, -0.1) is 0 Å². The summed E-state index contributed by atoms with van der Waals surface area (Å²) in [5, 5.41) is 10.7. The van der Waals surface area contributed by atoms with Crippen LogP contribution in [0.3, 0.4) is 0 Å². The average Bonchev–Trinajstić information content (AvgIpc) is 0.902. The summed E-state index contributed by atoms with van der Waals surface area (Å²) < 4.78 is 68.9. The zero-order chi connectivity index (χ0) is 78.1. The molecule has 0 aromatic rings. The first kappa shape index (κ1) is 104. The zero-order valence-corrected chi connectivity index (χ0v) is 71.9. The Bertz CT molecular complexity index is 2060. The van der Waals surface area contributed by atoms with Gasteiger partial charge in [0.25, 0.3) is 0 Å². The molecule has 3 unspecified atom stereocenters. The van der Waals surface area contributed by atoms with Crippen LogP contribution < -0.4 is 0 Å². The molecule has 0 aliphatic rings. The lowest BCUT2D eigenvalue weighted by molar-refractivity contribution is -0.161. The Morgan fingerprint density at radius 3 is 0.585 bits per heavy atom. The third-order valence-electron chi connectivity index (χ3n) is 20.3. The van der Waals surface area contributed by atoms with Crippen LogP contribution in [0, 0.1) is 23.7 Å². The number of aliphatic hydroxyl groups is 1. The van der Waals surface area contributed by atoms with Crippen molar-refractivity contribution >= 4 is 39.5 Å². The maximum atomic E-state index is 13.1. The van der Waals surface area contributed by atoms with E-state index in [-0.39, 0.29) is 25.7 Å². The largest absolute Gasteiger partial charge is 0.472 e.